The Kier molecular flexibility index (Phi) is 6.31. The van der Waals surface area contributed by atoms with E-state index in [1.165, 1.54) is 19.1 Å². The van der Waals surface area contributed by atoms with Crippen molar-refractivity contribution in [1.29, 1.82) is 0 Å². The molecular formula is C19H16F4N4O3. The van der Waals surface area contributed by atoms with E-state index >= 15 is 0 Å². The SMILES string of the molecule is Cc1nn(Cc2cc(F)c(F)c(F)c2)c(Nc2cc(OCCO)ccc2F)nc1=O. The van der Waals surface area contributed by atoms with Crippen molar-refractivity contribution in [2.24, 2.45) is 0 Å². The third-order valence-electron chi connectivity index (χ3n) is 3.95. The van der Waals surface area contributed by atoms with Crippen LogP contribution in [0.2, 0.25) is 0 Å². The number of aliphatic hydroxyl groups excluding tert-OH is 1. The van der Waals surface area contributed by atoms with Crippen LogP contribution >= 0.6 is 0 Å². The lowest BCUT2D eigenvalue weighted by Gasteiger charge is -2.15. The van der Waals surface area contributed by atoms with E-state index in [4.69, 9.17) is 9.84 Å². The lowest BCUT2D eigenvalue weighted by Crippen LogP contribution is -2.23. The van der Waals surface area contributed by atoms with Crippen LogP contribution in [0.5, 0.6) is 5.75 Å². The predicted octanol–water partition coefficient (Wildman–Crippen LogP) is 2.67. The van der Waals surface area contributed by atoms with Gasteiger partial charge in [0.1, 0.15) is 23.9 Å². The minimum absolute atomic E-state index is 0.00676. The van der Waals surface area contributed by atoms with Crippen LogP contribution in [-0.4, -0.2) is 33.1 Å². The highest BCUT2D eigenvalue weighted by Crippen LogP contribution is 2.24. The molecule has 0 atom stereocenters. The second-order valence-corrected chi connectivity index (χ2v) is 6.20. The average Bonchev–Trinajstić information content (AvgIpc) is 2.70. The van der Waals surface area contributed by atoms with Gasteiger partial charge < -0.3 is 15.2 Å². The van der Waals surface area contributed by atoms with Gasteiger partial charge in [0.15, 0.2) is 17.5 Å². The van der Waals surface area contributed by atoms with Crippen LogP contribution in [-0.2, 0) is 6.54 Å². The smallest absolute Gasteiger partial charge is 0.296 e. The Morgan fingerprint density at radius 2 is 1.80 bits per heavy atom. The van der Waals surface area contributed by atoms with E-state index in [1.54, 1.807) is 0 Å². The summed E-state index contributed by atoms with van der Waals surface area (Å²) in [6, 6.07) is 5.28. The molecule has 158 valence electrons. The summed E-state index contributed by atoms with van der Waals surface area (Å²) in [6.45, 7) is 0.841. The number of hydrogen-bond donors (Lipinski definition) is 2. The second-order valence-electron chi connectivity index (χ2n) is 6.20. The molecule has 2 aromatic carbocycles. The number of hydrogen-bond acceptors (Lipinski definition) is 6. The summed E-state index contributed by atoms with van der Waals surface area (Å²) >= 11 is 0. The molecule has 0 unspecified atom stereocenters. The number of aliphatic hydroxyl groups is 1. The number of rotatable bonds is 7. The number of nitrogens with zero attached hydrogens (tertiary/aromatic N) is 3. The Bertz CT molecular complexity index is 1110. The Balaban J connectivity index is 1.98. The number of benzene rings is 2. The molecule has 0 aliphatic carbocycles. The van der Waals surface area contributed by atoms with Crippen molar-refractivity contribution >= 4 is 11.6 Å². The molecule has 7 nitrogen and oxygen atoms in total. The van der Waals surface area contributed by atoms with Crippen molar-refractivity contribution in [2.75, 3.05) is 18.5 Å². The predicted molar refractivity (Wildman–Crippen MR) is 98.7 cm³/mol. The van der Waals surface area contributed by atoms with Crippen molar-refractivity contribution < 1.29 is 27.4 Å². The summed E-state index contributed by atoms with van der Waals surface area (Å²) in [5.41, 5.74) is -0.817. The number of nitrogens with one attached hydrogen (secondary N) is 1. The molecule has 11 heteroatoms. The molecule has 0 aliphatic rings. The molecule has 0 amide bonds. The van der Waals surface area contributed by atoms with Crippen LogP contribution < -0.4 is 15.6 Å². The normalized spacial score (nSPS) is 10.9. The summed E-state index contributed by atoms with van der Waals surface area (Å²) < 4.78 is 60.8. The van der Waals surface area contributed by atoms with E-state index in [2.05, 4.69) is 15.4 Å². The van der Waals surface area contributed by atoms with Gasteiger partial charge in [-0.25, -0.2) is 22.2 Å². The lowest BCUT2D eigenvalue weighted by atomic mass is 10.2. The van der Waals surface area contributed by atoms with E-state index in [9.17, 15) is 22.4 Å². The molecule has 0 aliphatic heterocycles. The highest BCUT2D eigenvalue weighted by Gasteiger charge is 2.15. The number of anilines is 2. The van der Waals surface area contributed by atoms with Crippen LogP contribution in [0.4, 0.5) is 29.2 Å². The fourth-order valence-electron chi connectivity index (χ4n) is 2.55. The summed E-state index contributed by atoms with van der Waals surface area (Å²) in [4.78, 5) is 15.7. The van der Waals surface area contributed by atoms with Gasteiger partial charge in [0.2, 0.25) is 5.95 Å². The molecule has 1 aromatic heterocycles. The minimum Gasteiger partial charge on any atom is -0.491 e. The van der Waals surface area contributed by atoms with Crippen molar-refractivity contribution in [3.63, 3.8) is 0 Å². The molecule has 0 saturated heterocycles. The maximum absolute atomic E-state index is 14.2. The average molecular weight is 424 g/mol. The number of aryl methyl sites for hydroxylation is 1. The topological polar surface area (TPSA) is 89.3 Å². The monoisotopic (exact) mass is 424 g/mol. The molecule has 0 bridgehead atoms. The molecule has 0 radical (unpaired) electrons. The van der Waals surface area contributed by atoms with Gasteiger partial charge in [-0.3, -0.25) is 4.79 Å². The van der Waals surface area contributed by atoms with E-state index < -0.39 is 28.8 Å². The fourth-order valence-corrected chi connectivity index (χ4v) is 2.55. The maximum Gasteiger partial charge on any atom is 0.296 e. The zero-order valence-electron chi connectivity index (χ0n) is 15.6. The van der Waals surface area contributed by atoms with Gasteiger partial charge in [-0.1, -0.05) is 0 Å². The quantitative estimate of drug-likeness (QED) is 0.448. The fraction of sp³-hybridized carbons (Fsp3) is 0.211. The summed E-state index contributed by atoms with van der Waals surface area (Å²) in [7, 11) is 0. The van der Waals surface area contributed by atoms with Gasteiger partial charge >= 0.3 is 0 Å². The van der Waals surface area contributed by atoms with Gasteiger partial charge in [-0.2, -0.15) is 10.1 Å². The lowest BCUT2D eigenvalue weighted by molar-refractivity contribution is 0.201. The zero-order chi connectivity index (χ0) is 21.8. The van der Waals surface area contributed by atoms with Gasteiger partial charge in [-0.15, -0.1) is 0 Å². The molecule has 0 saturated carbocycles. The summed E-state index contributed by atoms with van der Waals surface area (Å²) in [5, 5.41) is 15.4. The zero-order valence-corrected chi connectivity index (χ0v) is 15.6. The molecule has 1 heterocycles. The molecule has 2 N–H and O–H groups in total. The largest absolute Gasteiger partial charge is 0.491 e. The Morgan fingerprint density at radius 3 is 2.47 bits per heavy atom. The molecule has 30 heavy (non-hydrogen) atoms. The van der Waals surface area contributed by atoms with Crippen LogP contribution in [0.1, 0.15) is 11.3 Å². The molecular weight excluding hydrogens is 408 g/mol. The number of halogens is 4. The van der Waals surface area contributed by atoms with Crippen molar-refractivity contribution in [1.82, 2.24) is 14.8 Å². The van der Waals surface area contributed by atoms with Gasteiger partial charge in [-0.05, 0) is 36.8 Å². The molecule has 0 fully saturated rings. The molecule has 3 aromatic rings. The van der Waals surface area contributed by atoms with E-state index in [0.29, 0.717) is 0 Å². The van der Waals surface area contributed by atoms with Crippen LogP contribution in [0.15, 0.2) is 35.1 Å². The Labute approximate surface area is 167 Å². The maximum atomic E-state index is 14.2. The first-order valence-electron chi connectivity index (χ1n) is 8.68. The van der Waals surface area contributed by atoms with E-state index in [0.717, 1.165) is 22.9 Å². The highest BCUT2D eigenvalue weighted by molar-refractivity contribution is 5.57. The van der Waals surface area contributed by atoms with Gasteiger partial charge in [0.25, 0.3) is 5.56 Å². The Hall–Kier alpha value is -3.47. The van der Waals surface area contributed by atoms with Crippen molar-refractivity contribution in [3.8, 4) is 5.75 Å². The third kappa shape index (κ3) is 4.74. The molecule has 0 spiro atoms. The van der Waals surface area contributed by atoms with E-state index in [1.807, 2.05) is 0 Å². The summed E-state index contributed by atoms with van der Waals surface area (Å²) in [5.74, 6) is -5.05. The number of aromatic nitrogens is 3. The van der Waals surface area contributed by atoms with Crippen molar-refractivity contribution in [3.05, 3.63) is 75.2 Å². The third-order valence-corrected chi connectivity index (χ3v) is 3.95. The first-order valence-corrected chi connectivity index (χ1v) is 8.68. The first-order chi connectivity index (χ1) is 14.3. The Morgan fingerprint density at radius 1 is 1.10 bits per heavy atom. The van der Waals surface area contributed by atoms with Gasteiger partial charge in [0.05, 0.1) is 18.8 Å². The van der Waals surface area contributed by atoms with Gasteiger partial charge in [0, 0.05) is 6.07 Å². The summed E-state index contributed by atoms with van der Waals surface area (Å²) in [6.07, 6.45) is 0. The number of ether oxygens (including phenoxy) is 1. The minimum atomic E-state index is -1.61. The van der Waals surface area contributed by atoms with Crippen LogP contribution in [0.3, 0.4) is 0 Å². The van der Waals surface area contributed by atoms with E-state index in [-0.39, 0.29) is 48.4 Å². The first kappa shape index (κ1) is 21.2. The second kappa shape index (κ2) is 8.91. The van der Waals surface area contributed by atoms with Crippen molar-refractivity contribution in [2.45, 2.75) is 13.5 Å². The van der Waals surface area contributed by atoms with Crippen LogP contribution in [0.25, 0.3) is 0 Å². The standard InChI is InChI=1S/C19H16F4N4O3/c1-10-18(29)25-19(24-16-8-12(30-5-4-28)2-3-13(16)20)27(26-10)9-11-6-14(21)17(23)15(22)7-11/h2-3,6-8,28H,4-5,9H2,1H3,(H,24,25,29). The highest BCUT2D eigenvalue weighted by atomic mass is 19.2. The van der Waals surface area contributed by atoms with Crippen LogP contribution in [0, 0.1) is 30.2 Å². The molecule has 3 rings (SSSR count).